The number of nitrogens with one attached hydrogen (secondary N) is 2. The molecule has 126 valence electrons. The third-order valence-electron chi connectivity index (χ3n) is 4.49. The number of hydrogen-bond donors (Lipinski definition) is 2. The highest BCUT2D eigenvalue weighted by atomic mass is 35.5. The molecule has 2 heterocycles. The highest BCUT2D eigenvalue weighted by Crippen LogP contribution is 2.25. The van der Waals surface area contributed by atoms with Gasteiger partial charge in [-0.1, -0.05) is 6.07 Å². The lowest BCUT2D eigenvalue weighted by Gasteiger charge is -2.27. The summed E-state index contributed by atoms with van der Waals surface area (Å²) in [6, 6.07) is 7.98. The van der Waals surface area contributed by atoms with Gasteiger partial charge >= 0.3 is 0 Å². The first-order valence-corrected chi connectivity index (χ1v) is 8.08. The van der Waals surface area contributed by atoms with Gasteiger partial charge in [0.2, 0.25) is 11.8 Å². The van der Waals surface area contributed by atoms with Crippen molar-refractivity contribution in [3.63, 3.8) is 0 Å². The van der Waals surface area contributed by atoms with E-state index < -0.39 is 0 Å². The van der Waals surface area contributed by atoms with Crippen LogP contribution in [0, 0.1) is 5.92 Å². The summed E-state index contributed by atoms with van der Waals surface area (Å²) in [5.41, 5.74) is 1.65. The Morgan fingerprint density at radius 3 is 2.91 bits per heavy atom. The van der Waals surface area contributed by atoms with E-state index in [0.29, 0.717) is 12.5 Å². The van der Waals surface area contributed by atoms with Gasteiger partial charge in [-0.05, 0) is 50.9 Å². The Morgan fingerprint density at radius 1 is 1.39 bits per heavy atom. The van der Waals surface area contributed by atoms with E-state index in [0.717, 1.165) is 43.7 Å². The van der Waals surface area contributed by atoms with Crippen LogP contribution in [0.2, 0.25) is 0 Å². The van der Waals surface area contributed by atoms with Crippen LogP contribution in [0.3, 0.4) is 0 Å². The fourth-order valence-electron chi connectivity index (χ4n) is 3.29. The van der Waals surface area contributed by atoms with Crippen molar-refractivity contribution in [2.75, 3.05) is 23.3 Å². The molecule has 2 fully saturated rings. The molecule has 2 aliphatic rings. The van der Waals surface area contributed by atoms with Crippen molar-refractivity contribution in [1.82, 2.24) is 5.32 Å². The molecule has 0 spiro atoms. The molecule has 2 N–H and O–H groups in total. The number of carbonyl (C=O) groups excluding carboxylic acids is 2. The molecule has 0 bridgehead atoms. The van der Waals surface area contributed by atoms with Gasteiger partial charge in [-0.2, -0.15) is 0 Å². The van der Waals surface area contributed by atoms with E-state index in [1.54, 1.807) is 4.90 Å². The Hall–Kier alpha value is -1.59. The van der Waals surface area contributed by atoms with Gasteiger partial charge in [0.05, 0.1) is 0 Å². The Morgan fingerprint density at radius 2 is 2.22 bits per heavy atom. The second kappa shape index (κ2) is 7.79. The van der Waals surface area contributed by atoms with Crippen molar-refractivity contribution in [2.24, 2.45) is 5.92 Å². The molecule has 1 aromatic carbocycles. The largest absolute Gasteiger partial charge is 0.326 e. The maximum Gasteiger partial charge on any atom is 0.227 e. The first kappa shape index (κ1) is 17.8. The minimum absolute atomic E-state index is 0. The van der Waals surface area contributed by atoms with Crippen LogP contribution in [0.25, 0.3) is 0 Å². The minimum Gasteiger partial charge on any atom is -0.326 e. The second-order valence-electron chi connectivity index (χ2n) is 6.26. The SMILES string of the molecule is C[C@H]1C[C@@H](C(=O)Nc2cccc(N3CCCC3=O)c2)CCN1.Cl. The summed E-state index contributed by atoms with van der Waals surface area (Å²) < 4.78 is 0. The molecule has 0 radical (unpaired) electrons. The number of halogens is 1. The highest BCUT2D eigenvalue weighted by Gasteiger charge is 2.25. The van der Waals surface area contributed by atoms with Gasteiger partial charge < -0.3 is 15.5 Å². The summed E-state index contributed by atoms with van der Waals surface area (Å²) >= 11 is 0. The predicted octanol–water partition coefficient (Wildman–Crippen LogP) is 2.56. The van der Waals surface area contributed by atoms with Crippen LogP contribution < -0.4 is 15.5 Å². The molecule has 2 amide bonds. The van der Waals surface area contributed by atoms with Gasteiger partial charge in [-0.3, -0.25) is 9.59 Å². The molecule has 23 heavy (non-hydrogen) atoms. The van der Waals surface area contributed by atoms with E-state index in [1.165, 1.54) is 0 Å². The zero-order valence-corrected chi connectivity index (χ0v) is 14.2. The smallest absolute Gasteiger partial charge is 0.227 e. The topological polar surface area (TPSA) is 61.4 Å². The molecular formula is C17H24ClN3O2. The number of benzene rings is 1. The molecule has 1 aromatic rings. The number of nitrogens with zero attached hydrogens (tertiary/aromatic N) is 1. The molecule has 2 atom stereocenters. The van der Waals surface area contributed by atoms with Gasteiger partial charge in [0, 0.05) is 36.3 Å². The van der Waals surface area contributed by atoms with E-state index in [2.05, 4.69) is 17.6 Å². The van der Waals surface area contributed by atoms with Crippen molar-refractivity contribution in [1.29, 1.82) is 0 Å². The van der Waals surface area contributed by atoms with Crippen LogP contribution in [0.15, 0.2) is 24.3 Å². The summed E-state index contributed by atoms with van der Waals surface area (Å²) in [6.07, 6.45) is 3.27. The Bertz CT molecular complexity index is 579. The third kappa shape index (κ3) is 4.24. The van der Waals surface area contributed by atoms with Crippen LogP contribution in [-0.2, 0) is 9.59 Å². The predicted molar refractivity (Wildman–Crippen MR) is 94.1 cm³/mol. The molecule has 2 saturated heterocycles. The molecule has 3 rings (SSSR count). The lowest BCUT2D eigenvalue weighted by atomic mass is 9.92. The number of piperidine rings is 1. The van der Waals surface area contributed by atoms with E-state index in [-0.39, 0.29) is 30.1 Å². The van der Waals surface area contributed by atoms with Crippen molar-refractivity contribution in [3.8, 4) is 0 Å². The lowest BCUT2D eigenvalue weighted by Crippen LogP contribution is -2.40. The number of amides is 2. The van der Waals surface area contributed by atoms with Crippen molar-refractivity contribution in [3.05, 3.63) is 24.3 Å². The van der Waals surface area contributed by atoms with Gasteiger partial charge in [-0.15, -0.1) is 12.4 Å². The first-order chi connectivity index (χ1) is 10.6. The molecular weight excluding hydrogens is 314 g/mol. The normalized spacial score (nSPS) is 24.2. The Labute approximate surface area is 143 Å². The third-order valence-corrected chi connectivity index (χ3v) is 4.49. The fraction of sp³-hybridized carbons (Fsp3) is 0.529. The number of rotatable bonds is 3. The van der Waals surface area contributed by atoms with Crippen LogP contribution in [-0.4, -0.2) is 30.9 Å². The van der Waals surface area contributed by atoms with E-state index in [1.807, 2.05) is 24.3 Å². The number of anilines is 2. The Balaban J connectivity index is 0.00000192. The minimum atomic E-state index is 0. The van der Waals surface area contributed by atoms with E-state index >= 15 is 0 Å². The van der Waals surface area contributed by atoms with Crippen LogP contribution in [0.4, 0.5) is 11.4 Å². The molecule has 0 unspecified atom stereocenters. The molecule has 6 heteroatoms. The maximum atomic E-state index is 12.4. The standard InChI is InChI=1S/C17H23N3O2.ClH/c1-12-10-13(7-8-18-12)17(22)19-14-4-2-5-15(11-14)20-9-3-6-16(20)21;/h2,4-5,11-13,18H,3,6-10H2,1H3,(H,19,22);1H/t12-,13-;/m0./s1. The monoisotopic (exact) mass is 337 g/mol. The van der Waals surface area contributed by atoms with Gasteiger partial charge in [0.1, 0.15) is 0 Å². The summed E-state index contributed by atoms with van der Waals surface area (Å²) in [5.74, 6) is 0.308. The Kier molecular flexibility index (Phi) is 6.02. The number of hydrogen-bond acceptors (Lipinski definition) is 3. The summed E-state index contributed by atoms with van der Waals surface area (Å²) in [7, 11) is 0. The summed E-state index contributed by atoms with van der Waals surface area (Å²) in [5, 5.41) is 6.36. The molecule has 2 aliphatic heterocycles. The zero-order valence-electron chi connectivity index (χ0n) is 13.4. The average Bonchev–Trinajstić information content (AvgIpc) is 2.94. The van der Waals surface area contributed by atoms with E-state index in [9.17, 15) is 9.59 Å². The quantitative estimate of drug-likeness (QED) is 0.891. The van der Waals surface area contributed by atoms with Crippen LogP contribution >= 0.6 is 12.4 Å². The molecule has 0 aromatic heterocycles. The maximum absolute atomic E-state index is 12.4. The van der Waals surface area contributed by atoms with Gasteiger partial charge in [0.15, 0.2) is 0 Å². The second-order valence-corrected chi connectivity index (χ2v) is 6.26. The lowest BCUT2D eigenvalue weighted by molar-refractivity contribution is -0.121. The van der Waals surface area contributed by atoms with Gasteiger partial charge in [-0.25, -0.2) is 0 Å². The van der Waals surface area contributed by atoms with Crippen molar-refractivity contribution < 1.29 is 9.59 Å². The average molecular weight is 338 g/mol. The summed E-state index contributed by atoms with van der Waals surface area (Å²) in [6.45, 7) is 3.77. The summed E-state index contributed by atoms with van der Waals surface area (Å²) in [4.78, 5) is 26.0. The highest BCUT2D eigenvalue weighted by molar-refractivity contribution is 5.97. The van der Waals surface area contributed by atoms with Crippen LogP contribution in [0.5, 0.6) is 0 Å². The molecule has 0 saturated carbocycles. The first-order valence-electron chi connectivity index (χ1n) is 8.08. The van der Waals surface area contributed by atoms with Gasteiger partial charge in [0.25, 0.3) is 0 Å². The number of carbonyl (C=O) groups is 2. The fourth-order valence-corrected chi connectivity index (χ4v) is 3.29. The zero-order chi connectivity index (χ0) is 15.5. The van der Waals surface area contributed by atoms with Crippen molar-refractivity contribution in [2.45, 2.75) is 38.6 Å². The van der Waals surface area contributed by atoms with Crippen LogP contribution in [0.1, 0.15) is 32.6 Å². The molecule has 5 nitrogen and oxygen atoms in total. The van der Waals surface area contributed by atoms with E-state index in [4.69, 9.17) is 0 Å². The van der Waals surface area contributed by atoms with Crippen molar-refractivity contribution >= 4 is 35.6 Å². The molecule has 0 aliphatic carbocycles.